The number of nitrogens with zero attached hydrogens (tertiary/aromatic N) is 5. The van der Waals surface area contributed by atoms with Crippen molar-refractivity contribution in [2.75, 3.05) is 44.2 Å². The lowest BCUT2D eigenvalue weighted by Crippen LogP contribution is -2.47. The molecule has 0 radical (unpaired) electrons. The van der Waals surface area contributed by atoms with E-state index in [0.717, 1.165) is 72.3 Å². The van der Waals surface area contributed by atoms with E-state index in [-0.39, 0.29) is 14.0 Å². The Balaban J connectivity index is 0.00000259. The normalized spacial score (nSPS) is 14.5. The Kier molecular flexibility index (Phi) is 6.77. The summed E-state index contributed by atoms with van der Waals surface area (Å²) in [7, 11) is 0. The van der Waals surface area contributed by atoms with Gasteiger partial charge in [0, 0.05) is 49.9 Å². The van der Waals surface area contributed by atoms with Gasteiger partial charge in [-0.3, -0.25) is 4.90 Å². The first-order valence-corrected chi connectivity index (χ1v) is 11.2. The molecule has 0 amide bonds. The van der Waals surface area contributed by atoms with Crippen molar-refractivity contribution in [1.29, 1.82) is 0 Å². The van der Waals surface area contributed by atoms with Gasteiger partial charge in [0.1, 0.15) is 5.82 Å². The highest BCUT2D eigenvalue weighted by molar-refractivity contribution is 5.82. The van der Waals surface area contributed by atoms with Crippen molar-refractivity contribution in [3.8, 4) is 22.4 Å². The second kappa shape index (κ2) is 9.73. The predicted octanol–water partition coefficient (Wildman–Crippen LogP) is 4.43. The molecule has 3 heterocycles. The van der Waals surface area contributed by atoms with Crippen LogP contribution in [0.15, 0.2) is 60.7 Å². The van der Waals surface area contributed by atoms with Crippen molar-refractivity contribution in [3.05, 3.63) is 71.9 Å². The lowest BCUT2D eigenvalue weighted by molar-refractivity contribution is 0.188. The molecule has 1 aliphatic rings. The molecule has 1 aliphatic heterocycles. The zero-order chi connectivity index (χ0) is 22.1. The van der Waals surface area contributed by atoms with Crippen molar-refractivity contribution >= 4 is 11.5 Å². The number of β-amino-alcohol motifs (C(OH)–C–C–N with tert-alkyl or cyclic N) is 1. The second-order valence-corrected chi connectivity index (χ2v) is 8.48. The highest BCUT2D eigenvalue weighted by Crippen LogP contribution is 2.33. The number of fused-ring (bicyclic) bond motifs is 1. The number of piperazine rings is 1. The monoisotopic (exact) mass is 443 g/mol. The molecule has 0 atom stereocenters. The van der Waals surface area contributed by atoms with Gasteiger partial charge in [0.2, 0.25) is 0 Å². The Morgan fingerprint density at radius 1 is 0.879 bits per heavy atom. The van der Waals surface area contributed by atoms with Crippen molar-refractivity contribution in [2.45, 2.75) is 21.3 Å². The maximum Gasteiger partial charge on any atom is 0.166 e. The maximum absolute atomic E-state index is 9.29. The zero-order valence-corrected chi connectivity index (χ0v) is 18.7. The van der Waals surface area contributed by atoms with Gasteiger partial charge in [-0.05, 0) is 19.4 Å². The molecule has 0 spiro atoms. The van der Waals surface area contributed by atoms with Crippen LogP contribution in [0.25, 0.3) is 28.0 Å². The van der Waals surface area contributed by atoms with Crippen LogP contribution in [0.1, 0.15) is 18.7 Å². The second-order valence-electron chi connectivity index (χ2n) is 8.48. The van der Waals surface area contributed by atoms with E-state index in [0.29, 0.717) is 0 Å². The fourth-order valence-corrected chi connectivity index (χ4v) is 4.49. The molecule has 5 rings (SSSR count). The van der Waals surface area contributed by atoms with Crippen LogP contribution in [0.5, 0.6) is 0 Å². The van der Waals surface area contributed by atoms with E-state index in [9.17, 15) is 5.11 Å². The first-order valence-electron chi connectivity index (χ1n) is 11.2. The predicted molar refractivity (Wildman–Crippen MR) is 136 cm³/mol. The fraction of sp³-hybridized carbons (Fsp3) is 0.333. The van der Waals surface area contributed by atoms with Crippen LogP contribution in [0.3, 0.4) is 0 Å². The lowest BCUT2D eigenvalue weighted by Gasteiger charge is -2.35. The summed E-state index contributed by atoms with van der Waals surface area (Å²) < 4.78 is 2.01. The largest absolute Gasteiger partial charge is 0.395 e. The first kappa shape index (κ1) is 23.0. The van der Waals surface area contributed by atoms with E-state index in [1.165, 1.54) is 5.56 Å². The summed E-state index contributed by atoms with van der Waals surface area (Å²) in [6.45, 7) is 8.74. The van der Waals surface area contributed by atoms with Crippen LogP contribution < -0.4 is 4.90 Å². The van der Waals surface area contributed by atoms with Gasteiger partial charge >= 0.3 is 0 Å². The van der Waals surface area contributed by atoms with Crippen LogP contribution in [-0.4, -0.2) is 63.9 Å². The van der Waals surface area contributed by atoms with Crippen LogP contribution in [-0.2, 0) is 0 Å². The van der Waals surface area contributed by atoms with Crippen LogP contribution >= 0.6 is 0 Å². The van der Waals surface area contributed by atoms with Gasteiger partial charge in [-0.15, -0.1) is 0 Å². The molecule has 33 heavy (non-hydrogen) atoms. The summed E-state index contributed by atoms with van der Waals surface area (Å²) in [5.41, 5.74) is 7.38. The van der Waals surface area contributed by atoms with Gasteiger partial charge in [0.15, 0.2) is 5.65 Å². The molecule has 0 saturated carbocycles. The Bertz CT molecular complexity index is 1210. The topological polar surface area (TPSA) is 56.9 Å². The van der Waals surface area contributed by atoms with Gasteiger partial charge in [-0.2, -0.15) is 9.61 Å². The highest BCUT2D eigenvalue weighted by Gasteiger charge is 2.23. The third kappa shape index (κ3) is 4.49. The van der Waals surface area contributed by atoms with Gasteiger partial charge in [-0.1, -0.05) is 67.6 Å². The highest BCUT2D eigenvalue weighted by atomic mass is 16.3. The van der Waals surface area contributed by atoms with E-state index in [1.807, 2.05) is 10.6 Å². The van der Waals surface area contributed by atoms with Crippen molar-refractivity contribution in [1.82, 2.24) is 19.5 Å². The quantitative estimate of drug-likeness (QED) is 0.495. The Morgan fingerprint density at radius 2 is 1.58 bits per heavy atom. The van der Waals surface area contributed by atoms with Crippen LogP contribution in [0.4, 0.5) is 5.82 Å². The Morgan fingerprint density at radius 3 is 2.24 bits per heavy atom. The lowest BCUT2D eigenvalue weighted by atomic mass is 10.1. The summed E-state index contributed by atoms with van der Waals surface area (Å²) >= 11 is 0. The summed E-state index contributed by atoms with van der Waals surface area (Å²) in [6.07, 6.45) is 0. The number of aliphatic hydroxyl groups is 1. The molecule has 6 nitrogen and oxygen atoms in total. The number of hydrogen-bond acceptors (Lipinski definition) is 5. The summed E-state index contributed by atoms with van der Waals surface area (Å²) in [6, 6.07) is 21.1. The average Bonchev–Trinajstić information content (AvgIpc) is 3.16. The van der Waals surface area contributed by atoms with Crippen molar-refractivity contribution in [2.24, 2.45) is 0 Å². The smallest absolute Gasteiger partial charge is 0.166 e. The minimum atomic E-state index is 0. The third-order valence-corrected chi connectivity index (χ3v) is 6.27. The minimum Gasteiger partial charge on any atom is -0.395 e. The number of hydrogen-bond donors (Lipinski definition) is 1. The van der Waals surface area contributed by atoms with Gasteiger partial charge < -0.3 is 10.0 Å². The SMILES string of the molecule is C.Cc1ccc(-c2cc(N3CCN(CCO)CC3)n3nc(C)c(-c4ccccc4)c3n2)cc1. The first-order chi connectivity index (χ1) is 15.6. The summed E-state index contributed by atoms with van der Waals surface area (Å²) in [5.74, 6) is 1.07. The third-order valence-electron chi connectivity index (χ3n) is 6.27. The molecule has 172 valence electrons. The molecular formula is C27H33N5O. The molecule has 6 heteroatoms. The van der Waals surface area contributed by atoms with E-state index in [4.69, 9.17) is 10.1 Å². The standard InChI is InChI=1S/C26H29N5O.CH4/c1-19-8-10-21(11-9-19)23-18-24(30-14-12-29(13-15-30)16-17-32)31-26(27-23)25(20(2)28-31)22-6-4-3-5-7-22;/h3-11,18,32H,12-17H2,1-2H3;1H4. The molecule has 1 fully saturated rings. The number of aromatic nitrogens is 3. The van der Waals surface area contributed by atoms with Crippen LogP contribution in [0, 0.1) is 13.8 Å². The van der Waals surface area contributed by atoms with E-state index in [1.54, 1.807) is 0 Å². The summed E-state index contributed by atoms with van der Waals surface area (Å²) in [5, 5.41) is 14.2. The number of aliphatic hydroxyl groups excluding tert-OH is 1. The van der Waals surface area contributed by atoms with Gasteiger partial charge in [-0.25, -0.2) is 4.98 Å². The molecular weight excluding hydrogens is 410 g/mol. The summed E-state index contributed by atoms with van der Waals surface area (Å²) in [4.78, 5) is 9.80. The fourth-order valence-electron chi connectivity index (χ4n) is 4.49. The van der Waals surface area contributed by atoms with Crippen molar-refractivity contribution < 1.29 is 5.11 Å². The molecule has 0 unspecified atom stereocenters. The molecule has 1 saturated heterocycles. The number of aryl methyl sites for hydroxylation is 2. The van der Waals surface area contributed by atoms with Crippen molar-refractivity contribution in [3.63, 3.8) is 0 Å². The zero-order valence-electron chi connectivity index (χ0n) is 18.7. The molecule has 2 aromatic carbocycles. The van der Waals surface area contributed by atoms with E-state index >= 15 is 0 Å². The molecule has 2 aromatic heterocycles. The molecule has 0 bridgehead atoms. The molecule has 0 aliphatic carbocycles. The number of anilines is 1. The van der Waals surface area contributed by atoms with Gasteiger partial charge in [0.05, 0.1) is 18.0 Å². The van der Waals surface area contributed by atoms with E-state index < -0.39 is 0 Å². The number of benzene rings is 2. The molecule has 1 N–H and O–H groups in total. The average molecular weight is 444 g/mol. The minimum absolute atomic E-state index is 0. The van der Waals surface area contributed by atoms with Crippen LogP contribution in [0.2, 0.25) is 0 Å². The number of rotatable bonds is 5. The van der Waals surface area contributed by atoms with E-state index in [2.05, 4.69) is 78.2 Å². The Labute approximate surface area is 196 Å². The Hall–Kier alpha value is -3.22. The maximum atomic E-state index is 9.29. The van der Waals surface area contributed by atoms with Gasteiger partial charge in [0.25, 0.3) is 0 Å². The molecule has 4 aromatic rings.